The first-order valence-electron chi connectivity index (χ1n) is 10.4. The van der Waals surface area contributed by atoms with Crippen molar-refractivity contribution in [3.63, 3.8) is 0 Å². The second-order valence-corrected chi connectivity index (χ2v) is 7.79. The zero-order valence-corrected chi connectivity index (χ0v) is 18.9. The molecule has 2 aromatic carbocycles. The molecule has 0 saturated heterocycles. The maximum Gasteiger partial charge on any atom is 0.338 e. The van der Waals surface area contributed by atoms with Crippen LogP contribution in [0.1, 0.15) is 16.8 Å². The van der Waals surface area contributed by atoms with Crippen LogP contribution in [0.2, 0.25) is 0 Å². The quantitative estimate of drug-likeness (QED) is 0.340. The lowest BCUT2D eigenvalue weighted by atomic mass is 9.81. The molecule has 1 aliphatic rings. The fraction of sp³-hybridized carbons (Fsp3) is 0.435. The number of hydrogen-bond acceptors (Lipinski definition) is 11. The second-order valence-electron chi connectivity index (χ2n) is 7.79. The van der Waals surface area contributed by atoms with Gasteiger partial charge in [0.15, 0.2) is 23.0 Å². The van der Waals surface area contributed by atoms with Crippen molar-refractivity contribution >= 4 is 5.97 Å². The summed E-state index contributed by atoms with van der Waals surface area (Å²) in [5.41, 5.74) is 0.0408. The topological polar surface area (TPSA) is 164 Å². The smallest absolute Gasteiger partial charge is 0.338 e. The van der Waals surface area contributed by atoms with Gasteiger partial charge in [-0.15, -0.1) is 0 Å². The molecule has 0 heterocycles. The molecule has 1 saturated carbocycles. The highest BCUT2D eigenvalue weighted by Gasteiger charge is 2.44. The fourth-order valence-corrected chi connectivity index (χ4v) is 3.76. The van der Waals surface area contributed by atoms with E-state index in [0.717, 1.165) is 0 Å². The van der Waals surface area contributed by atoms with Crippen LogP contribution in [0.5, 0.6) is 34.5 Å². The van der Waals surface area contributed by atoms with Crippen molar-refractivity contribution in [1.29, 1.82) is 0 Å². The van der Waals surface area contributed by atoms with E-state index < -0.39 is 36.3 Å². The average Bonchev–Trinajstić information content (AvgIpc) is 2.84. The summed E-state index contributed by atoms with van der Waals surface area (Å²) in [7, 11) is 4.02. The molecule has 0 bridgehead atoms. The van der Waals surface area contributed by atoms with Crippen molar-refractivity contribution in [2.45, 2.75) is 30.8 Å². The molecule has 0 aromatic heterocycles. The molecule has 5 N–H and O–H groups in total. The number of rotatable bonds is 8. The maximum absolute atomic E-state index is 12.6. The third-order valence-electron chi connectivity index (χ3n) is 5.67. The molecule has 0 radical (unpaired) electrons. The number of benzene rings is 2. The van der Waals surface area contributed by atoms with Gasteiger partial charge in [0.1, 0.15) is 24.1 Å². The number of carbonyl (C=O) groups is 1. The van der Waals surface area contributed by atoms with E-state index >= 15 is 0 Å². The van der Waals surface area contributed by atoms with Gasteiger partial charge in [-0.05, 0) is 30.7 Å². The molecule has 0 spiro atoms. The summed E-state index contributed by atoms with van der Waals surface area (Å²) in [6.07, 6.45) is -5.29. The standard InChI is InChI=1S/C23H28O11/c1-30-15-9-13(24)4-5-14(15)34-18-8-12(19(25)22(28)21(18)27)10-33-23(29)11-6-16(31-2)20(26)17(7-11)32-3/h4-7,9,12,18-19,21-22,24-28H,8,10H2,1-3H3. The number of aliphatic hydroxyl groups is 3. The predicted molar refractivity (Wildman–Crippen MR) is 117 cm³/mol. The molecule has 5 atom stereocenters. The Bertz CT molecular complexity index is 983. The number of carbonyl (C=O) groups excluding carboxylic acids is 1. The van der Waals surface area contributed by atoms with Crippen LogP contribution < -0.4 is 18.9 Å². The Hall–Kier alpha value is -3.41. The monoisotopic (exact) mass is 480 g/mol. The van der Waals surface area contributed by atoms with Crippen LogP contribution in [0.15, 0.2) is 30.3 Å². The Balaban J connectivity index is 1.72. The number of phenols is 2. The van der Waals surface area contributed by atoms with Gasteiger partial charge < -0.3 is 49.2 Å². The van der Waals surface area contributed by atoms with E-state index in [-0.39, 0.29) is 53.1 Å². The summed E-state index contributed by atoms with van der Waals surface area (Å²) >= 11 is 0. The van der Waals surface area contributed by atoms with E-state index in [1.807, 2.05) is 0 Å². The van der Waals surface area contributed by atoms with Crippen LogP contribution in [0.3, 0.4) is 0 Å². The van der Waals surface area contributed by atoms with Gasteiger partial charge in [-0.2, -0.15) is 0 Å². The summed E-state index contributed by atoms with van der Waals surface area (Å²) in [6, 6.07) is 6.70. The molecule has 5 unspecified atom stereocenters. The number of aromatic hydroxyl groups is 2. The summed E-state index contributed by atoms with van der Waals surface area (Å²) < 4.78 is 26.4. The summed E-state index contributed by atoms with van der Waals surface area (Å²) in [6.45, 7) is -0.290. The molecule has 11 nitrogen and oxygen atoms in total. The minimum absolute atomic E-state index is 0.0128. The van der Waals surface area contributed by atoms with E-state index in [1.54, 1.807) is 0 Å². The Morgan fingerprint density at radius 1 is 0.853 bits per heavy atom. The number of aliphatic hydroxyl groups excluding tert-OH is 3. The third kappa shape index (κ3) is 5.22. The molecule has 3 rings (SSSR count). The van der Waals surface area contributed by atoms with Crippen molar-refractivity contribution in [1.82, 2.24) is 0 Å². The van der Waals surface area contributed by atoms with Gasteiger partial charge in [0, 0.05) is 12.0 Å². The van der Waals surface area contributed by atoms with Crippen LogP contribution in [0.25, 0.3) is 0 Å². The molecule has 1 aliphatic carbocycles. The van der Waals surface area contributed by atoms with E-state index in [2.05, 4.69) is 0 Å². The first kappa shape index (κ1) is 25.2. The number of esters is 1. The van der Waals surface area contributed by atoms with Crippen molar-refractivity contribution in [2.24, 2.45) is 5.92 Å². The molecule has 1 fully saturated rings. The van der Waals surface area contributed by atoms with E-state index in [1.165, 1.54) is 51.7 Å². The van der Waals surface area contributed by atoms with E-state index in [9.17, 15) is 30.3 Å². The van der Waals surface area contributed by atoms with Crippen molar-refractivity contribution < 1.29 is 54.0 Å². The van der Waals surface area contributed by atoms with Crippen LogP contribution in [0.4, 0.5) is 0 Å². The molecular weight excluding hydrogens is 452 g/mol. The Kier molecular flexibility index (Phi) is 7.92. The lowest BCUT2D eigenvalue weighted by Crippen LogP contribution is -2.56. The van der Waals surface area contributed by atoms with Crippen LogP contribution in [0, 0.1) is 5.92 Å². The van der Waals surface area contributed by atoms with Crippen LogP contribution in [-0.4, -0.2) is 83.9 Å². The SMILES string of the molecule is COc1cc(O)ccc1OC1CC(COC(=O)c2cc(OC)c(O)c(OC)c2)C(O)C(O)C1O. The molecule has 11 heteroatoms. The normalized spacial score (nSPS) is 24.2. The number of phenolic OH excluding ortho intramolecular Hbond substituents is 2. The number of methoxy groups -OCH3 is 3. The van der Waals surface area contributed by atoms with E-state index in [0.29, 0.717) is 0 Å². The summed E-state index contributed by atoms with van der Waals surface area (Å²) in [4.78, 5) is 12.6. The highest BCUT2D eigenvalue weighted by Crippen LogP contribution is 2.38. The minimum Gasteiger partial charge on any atom is -0.508 e. The zero-order valence-electron chi connectivity index (χ0n) is 18.9. The van der Waals surface area contributed by atoms with Crippen molar-refractivity contribution in [2.75, 3.05) is 27.9 Å². The first-order valence-corrected chi connectivity index (χ1v) is 10.4. The number of ether oxygens (including phenoxy) is 5. The largest absolute Gasteiger partial charge is 0.508 e. The first-order chi connectivity index (χ1) is 16.2. The second kappa shape index (κ2) is 10.7. The van der Waals surface area contributed by atoms with Crippen LogP contribution >= 0.6 is 0 Å². The third-order valence-corrected chi connectivity index (χ3v) is 5.67. The van der Waals surface area contributed by atoms with E-state index in [4.69, 9.17) is 23.7 Å². The molecule has 0 aliphatic heterocycles. The average molecular weight is 480 g/mol. The van der Waals surface area contributed by atoms with Gasteiger partial charge in [-0.1, -0.05) is 0 Å². The summed E-state index contributed by atoms with van der Waals surface area (Å²) in [5.74, 6) is -1.41. The molecular formula is C23H28O11. The van der Waals surface area contributed by atoms with Gasteiger partial charge in [0.25, 0.3) is 0 Å². The Labute approximate surface area is 195 Å². The lowest BCUT2D eigenvalue weighted by Gasteiger charge is -2.40. The highest BCUT2D eigenvalue weighted by molar-refractivity contribution is 5.91. The van der Waals surface area contributed by atoms with Crippen LogP contribution in [-0.2, 0) is 4.74 Å². The summed E-state index contributed by atoms with van der Waals surface area (Å²) in [5, 5.41) is 50.8. The van der Waals surface area contributed by atoms with Crippen molar-refractivity contribution in [3.05, 3.63) is 35.9 Å². The van der Waals surface area contributed by atoms with Gasteiger partial charge in [0.2, 0.25) is 5.75 Å². The molecule has 0 amide bonds. The number of hydrogen-bond donors (Lipinski definition) is 5. The zero-order chi connectivity index (χ0) is 25.0. The van der Waals surface area contributed by atoms with Gasteiger partial charge in [0.05, 0.1) is 39.6 Å². The lowest BCUT2D eigenvalue weighted by molar-refractivity contribution is -0.157. The predicted octanol–water partition coefficient (Wildman–Crippen LogP) is 0.831. The van der Waals surface area contributed by atoms with Gasteiger partial charge in [-0.25, -0.2) is 4.79 Å². The van der Waals surface area contributed by atoms with Crippen molar-refractivity contribution in [3.8, 4) is 34.5 Å². The maximum atomic E-state index is 12.6. The molecule has 2 aromatic rings. The van der Waals surface area contributed by atoms with Gasteiger partial charge >= 0.3 is 5.97 Å². The Morgan fingerprint density at radius 2 is 1.47 bits per heavy atom. The minimum atomic E-state index is -1.56. The molecule has 186 valence electrons. The van der Waals surface area contributed by atoms with Gasteiger partial charge in [-0.3, -0.25) is 0 Å². The highest BCUT2D eigenvalue weighted by atomic mass is 16.5. The molecule has 34 heavy (non-hydrogen) atoms. The fourth-order valence-electron chi connectivity index (χ4n) is 3.76. The Morgan fingerprint density at radius 3 is 2.06 bits per heavy atom.